The number of carbonyl (C=O) groups is 2. The standard InChI is InChI=1S/C26H21N3O3/c1-16-9-11-17(12-10-16)24(30)22-23(20-14-28-21-8-3-2-7-19(20)21)29(26(32)25(22)31)15-18-6-4-5-13-27-18/h2-14,23,28,30H,15H2,1H3/b24-22+. The summed E-state index contributed by atoms with van der Waals surface area (Å²) in [7, 11) is 0. The molecule has 3 heterocycles. The monoisotopic (exact) mass is 423 g/mol. The SMILES string of the molecule is Cc1ccc(/C(O)=C2\C(=O)C(=O)N(Cc3ccccn3)C2c2c[nH]c3ccccc23)cc1. The molecule has 1 aliphatic rings. The van der Waals surface area contributed by atoms with Gasteiger partial charge in [-0.25, -0.2) is 0 Å². The van der Waals surface area contributed by atoms with E-state index in [0.717, 1.165) is 22.0 Å². The molecule has 5 rings (SSSR count). The molecule has 0 saturated carbocycles. The molecule has 1 atom stereocenters. The number of ketones is 1. The van der Waals surface area contributed by atoms with Crippen molar-refractivity contribution in [3.05, 3.63) is 107 Å². The molecule has 6 nitrogen and oxygen atoms in total. The van der Waals surface area contributed by atoms with E-state index in [2.05, 4.69) is 9.97 Å². The van der Waals surface area contributed by atoms with Gasteiger partial charge in [0, 0.05) is 34.4 Å². The Bertz CT molecular complexity index is 1350. The molecular formula is C26H21N3O3. The summed E-state index contributed by atoms with van der Waals surface area (Å²) in [4.78, 5) is 35.4. The predicted molar refractivity (Wildman–Crippen MR) is 122 cm³/mol. The lowest BCUT2D eigenvalue weighted by Gasteiger charge is -2.24. The van der Waals surface area contributed by atoms with Gasteiger partial charge in [0.15, 0.2) is 0 Å². The van der Waals surface area contributed by atoms with Crippen molar-refractivity contribution < 1.29 is 14.7 Å². The highest BCUT2D eigenvalue weighted by Gasteiger charge is 2.47. The van der Waals surface area contributed by atoms with E-state index in [4.69, 9.17) is 0 Å². The molecule has 1 amide bonds. The van der Waals surface area contributed by atoms with Gasteiger partial charge in [-0.3, -0.25) is 14.6 Å². The number of aromatic nitrogens is 2. The second kappa shape index (κ2) is 7.81. The molecule has 6 heteroatoms. The Morgan fingerprint density at radius 2 is 1.78 bits per heavy atom. The molecule has 32 heavy (non-hydrogen) atoms. The zero-order chi connectivity index (χ0) is 22.2. The zero-order valence-electron chi connectivity index (χ0n) is 17.4. The Hall–Kier alpha value is -4.19. The largest absolute Gasteiger partial charge is 0.507 e. The van der Waals surface area contributed by atoms with E-state index in [1.807, 2.05) is 55.5 Å². The Kier molecular flexibility index (Phi) is 4.82. The van der Waals surface area contributed by atoms with Gasteiger partial charge in [-0.1, -0.05) is 54.1 Å². The van der Waals surface area contributed by atoms with Gasteiger partial charge in [-0.2, -0.15) is 0 Å². The fourth-order valence-corrected chi connectivity index (χ4v) is 4.22. The molecule has 0 bridgehead atoms. The summed E-state index contributed by atoms with van der Waals surface area (Å²) < 4.78 is 0. The zero-order valence-corrected chi connectivity index (χ0v) is 17.4. The van der Waals surface area contributed by atoms with E-state index in [0.29, 0.717) is 11.3 Å². The van der Waals surface area contributed by atoms with E-state index in [1.165, 1.54) is 4.90 Å². The van der Waals surface area contributed by atoms with Crippen LogP contribution < -0.4 is 0 Å². The lowest BCUT2D eigenvalue weighted by molar-refractivity contribution is -0.140. The lowest BCUT2D eigenvalue weighted by Crippen LogP contribution is -2.29. The van der Waals surface area contributed by atoms with Crippen LogP contribution in [0.5, 0.6) is 0 Å². The molecule has 1 fully saturated rings. The summed E-state index contributed by atoms with van der Waals surface area (Å²) in [6.45, 7) is 2.10. The Morgan fingerprint density at radius 1 is 1.03 bits per heavy atom. The van der Waals surface area contributed by atoms with Crippen LogP contribution in [0, 0.1) is 6.92 Å². The van der Waals surface area contributed by atoms with Crippen molar-refractivity contribution >= 4 is 28.4 Å². The summed E-state index contributed by atoms with van der Waals surface area (Å²) in [5, 5.41) is 12.1. The first-order chi connectivity index (χ1) is 15.5. The van der Waals surface area contributed by atoms with Crippen molar-refractivity contribution in [3.63, 3.8) is 0 Å². The van der Waals surface area contributed by atoms with Crippen molar-refractivity contribution in [2.24, 2.45) is 0 Å². The predicted octanol–water partition coefficient (Wildman–Crippen LogP) is 4.49. The van der Waals surface area contributed by atoms with Crippen LogP contribution in [0.2, 0.25) is 0 Å². The van der Waals surface area contributed by atoms with Crippen LogP contribution in [-0.4, -0.2) is 31.7 Å². The highest BCUT2D eigenvalue weighted by atomic mass is 16.3. The summed E-state index contributed by atoms with van der Waals surface area (Å²) >= 11 is 0. The number of benzene rings is 2. The minimum absolute atomic E-state index is 0.0829. The van der Waals surface area contributed by atoms with E-state index in [-0.39, 0.29) is 17.9 Å². The number of para-hydroxylation sites is 1. The van der Waals surface area contributed by atoms with Crippen molar-refractivity contribution in [3.8, 4) is 0 Å². The summed E-state index contributed by atoms with van der Waals surface area (Å²) in [6.07, 6.45) is 3.45. The number of amides is 1. The van der Waals surface area contributed by atoms with Crippen LogP contribution in [0.4, 0.5) is 0 Å². The number of H-pyrrole nitrogens is 1. The summed E-state index contributed by atoms with van der Waals surface area (Å²) in [6, 6.07) is 19.6. The second-order valence-electron chi connectivity index (χ2n) is 7.90. The molecule has 1 saturated heterocycles. The van der Waals surface area contributed by atoms with Gasteiger partial charge in [0.1, 0.15) is 5.76 Å². The number of pyridine rings is 1. The van der Waals surface area contributed by atoms with Crippen LogP contribution in [0.15, 0.2) is 84.7 Å². The molecule has 0 spiro atoms. The first-order valence-electron chi connectivity index (χ1n) is 10.4. The third-order valence-corrected chi connectivity index (χ3v) is 5.84. The molecule has 2 aromatic carbocycles. The molecule has 1 unspecified atom stereocenters. The molecule has 4 aromatic rings. The van der Waals surface area contributed by atoms with E-state index >= 15 is 0 Å². The van der Waals surface area contributed by atoms with E-state index < -0.39 is 17.7 Å². The van der Waals surface area contributed by atoms with Gasteiger partial charge in [0.05, 0.1) is 23.9 Å². The molecule has 1 aliphatic heterocycles. The first kappa shape index (κ1) is 19.8. The Labute approximate surface area is 184 Å². The van der Waals surface area contributed by atoms with Gasteiger partial charge < -0.3 is 15.0 Å². The van der Waals surface area contributed by atoms with E-state index in [1.54, 1.807) is 30.6 Å². The van der Waals surface area contributed by atoms with Gasteiger partial charge in [-0.05, 0) is 25.1 Å². The van der Waals surface area contributed by atoms with Crippen molar-refractivity contribution in [2.75, 3.05) is 0 Å². The highest BCUT2D eigenvalue weighted by molar-refractivity contribution is 6.46. The average molecular weight is 423 g/mol. The molecular weight excluding hydrogens is 402 g/mol. The highest BCUT2D eigenvalue weighted by Crippen LogP contribution is 2.42. The maximum absolute atomic E-state index is 13.2. The van der Waals surface area contributed by atoms with Crippen molar-refractivity contribution in [1.29, 1.82) is 0 Å². The fraction of sp³-hybridized carbons (Fsp3) is 0.115. The number of nitrogens with one attached hydrogen (secondary N) is 1. The topological polar surface area (TPSA) is 86.3 Å². The number of fused-ring (bicyclic) bond motifs is 1. The second-order valence-corrected chi connectivity index (χ2v) is 7.90. The number of hydrogen-bond donors (Lipinski definition) is 2. The third-order valence-electron chi connectivity index (χ3n) is 5.84. The number of carbonyl (C=O) groups excluding carboxylic acids is 2. The van der Waals surface area contributed by atoms with Crippen LogP contribution >= 0.6 is 0 Å². The molecule has 2 aromatic heterocycles. The lowest BCUT2D eigenvalue weighted by atomic mass is 9.94. The van der Waals surface area contributed by atoms with Crippen molar-refractivity contribution in [2.45, 2.75) is 19.5 Å². The van der Waals surface area contributed by atoms with Gasteiger partial charge >= 0.3 is 0 Å². The summed E-state index contributed by atoms with van der Waals surface area (Å²) in [5.74, 6) is -1.53. The van der Waals surface area contributed by atoms with Gasteiger partial charge in [-0.15, -0.1) is 0 Å². The molecule has 2 N–H and O–H groups in total. The number of aryl methyl sites for hydroxylation is 1. The minimum atomic E-state index is -0.741. The molecule has 158 valence electrons. The normalized spacial score (nSPS) is 17.9. The number of likely N-dealkylation sites (tertiary alicyclic amines) is 1. The minimum Gasteiger partial charge on any atom is -0.507 e. The third kappa shape index (κ3) is 3.26. The number of hydrogen-bond acceptors (Lipinski definition) is 4. The summed E-state index contributed by atoms with van der Waals surface area (Å²) in [5.41, 5.74) is 3.92. The van der Waals surface area contributed by atoms with Gasteiger partial charge in [0.2, 0.25) is 0 Å². The Balaban J connectivity index is 1.71. The van der Waals surface area contributed by atoms with Crippen LogP contribution in [0.25, 0.3) is 16.7 Å². The van der Waals surface area contributed by atoms with Crippen molar-refractivity contribution in [1.82, 2.24) is 14.9 Å². The van der Waals surface area contributed by atoms with E-state index in [9.17, 15) is 14.7 Å². The Morgan fingerprint density at radius 3 is 2.53 bits per heavy atom. The van der Waals surface area contributed by atoms with Crippen LogP contribution in [0.1, 0.15) is 28.4 Å². The number of rotatable bonds is 4. The number of aromatic amines is 1. The van der Waals surface area contributed by atoms with Crippen LogP contribution in [0.3, 0.4) is 0 Å². The maximum Gasteiger partial charge on any atom is 0.296 e. The molecule has 0 aliphatic carbocycles. The molecule has 0 radical (unpaired) electrons. The number of aliphatic hydroxyl groups excluding tert-OH is 1. The van der Waals surface area contributed by atoms with Gasteiger partial charge in [0.25, 0.3) is 11.7 Å². The quantitative estimate of drug-likeness (QED) is 0.288. The number of aliphatic hydroxyl groups is 1. The average Bonchev–Trinajstić information content (AvgIpc) is 3.34. The number of nitrogens with zero attached hydrogens (tertiary/aromatic N) is 2. The smallest absolute Gasteiger partial charge is 0.296 e. The maximum atomic E-state index is 13.2. The first-order valence-corrected chi connectivity index (χ1v) is 10.4. The number of Topliss-reactive ketones (excluding diaryl/α,β-unsaturated/α-hetero) is 1. The van der Waals surface area contributed by atoms with Crippen LogP contribution in [-0.2, 0) is 16.1 Å². The fourth-order valence-electron chi connectivity index (χ4n) is 4.22.